The second kappa shape index (κ2) is 41.8. The largest absolute Gasteiger partial charge is 0.379 e. The monoisotopic (exact) mass is 740 g/mol. The Balaban J connectivity index is 3.06. The van der Waals surface area contributed by atoms with E-state index in [1.807, 2.05) is 6.92 Å². The fourth-order valence-electron chi connectivity index (χ4n) is 3.25. The van der Waals surface area contributed by atoms with Crippen LogP contribution in [0.25, 0.3) is 0 Å². The molecule has 296 valence electrons. The van der Waals surface area contributed by atoms with E-state index in [1.165, 1.54) is 0 Å². The molecule has 0 amide bonds. The van der Waals surface area contributed by atoms with Crippen LogP contribution in [0.4, 0.5) is 0 Å². The lowest BCUT2D eigenvalue weighted by Crippen LogP contribution is -2.16. The van der Waals surface area contributed by atoms with E-state index in [-0.39, 0.29) is 13.2 Å². The van der Waals surface area contributed by atoms with Crippen molar-refractivity contribution in [3.8, 4) is 0 Å². The smallest absolute Gasteiger partial charge is 0.264 e. The number of rotatable bonds is 44. The van der Waals surface area contributed by atoms with Gasteiger partial charge in [-0.25, -0.2) is 0 Å². The first-order valence-electron chi connectivity index (χ1n) is 17.0. The first-order valence-corrected chi connectivity index (χ1v) is 18.8. The highest BCUT2D eigenvalue weighted by Crippen LogP contribution is 1.89. The van der Waals surface area contributed by atoms with Crippen LogP contribution in [0, 0.1) is 0 Å². The maximum Gasteiger partial charge on any atom is 0.264 e. The molecular weight excluding hydrogens is 676 g/mol. The SMILES string of the molecule is CCOCCOCCOCCOCCOCCOCCOCCOCCOCCOCCOCCOCCOCCOCCOS(C)(=O)=O. The van der Waals surface area contributed by atoms with Gasteiger partial charge in [0, 0.05) is 6.61 Å². The third-order valence-corrected chi connectivity index (χ3v) is 6.16. The molecule has 0 unspecified atom stereocenters. The second-order valence-electron chi connectivity index (χ2n) is 9.68. The molecular formula is C31H64O17S. The highest BCUT2D eigenvalue weighted by Gasteiger charge is 2.01. The minimum atomic E-state index is -3.43. The van der Waals surface area contributed by atoms with Crippen molar-refractivity contribution in [3.05, 3.63) is 0 Å². The van der Waals surface area contributed by atoms with Crippen molar-refractivity contribution in [1.82, 2.24) is 0 Å². The summed E-state index contributed by atoms with van der Waals surface area (Å²) < 4.78 is 102. The summed E-state index contributed by atoms with van der Waals surface area (Å²) in [6.45, 7) is 15.7. The van der Waals surface area contributed by atoms with Crippen molar-refractivity contribution < 1.29 is 78.9 Å². The van der Waals surface area contributed by atoms with Gasteiger partial charge in [-0.15, -0.1) is 0 Å². The zero-order chi connectivity index (χ0) is 35.6. The summed E-state index contributed by atoms with van der Waals surface area (Å²) in [5, 5.41) is 0. The van der Waals surface area contributed by atoms with Crippen LogP contribution in [-0.2, 0) is 80.6 Å². The van der Waals surface area contributed by atoms with E-state index >= 15 is 0 Å². The predicted octanol–water partition coefficient (Wildman–Crippen LogP) is 0.215. The lowest BCUT2D eigenvalue weighted by Gasteiger charge is -2.09. The van der Waals surface area contributed by atoms with Crippen LogP contribution in [0.3, 0.4) is 0 Å². The van der Waals surface area contributed by atoms with E-state index in [9.17, 15) is 8.42 Å². The summed E-state index contributed by atoms with van der Waals surface area (Å²) in [7, 11) is -3.43. The summed E-state index contributed by atoms with van der Waals surface area (Å²) >= 11 is 0. The molecule has 0 fully saturated rings. The molecule has 49 heavy (non-hydrogen) atoms. The Labute approximate surface area is 293 Å². The van der Waals surface area contributed by atoms with Gasteiger partial charge in [0.1, 0.15) is 0 Å². The molecule has 0 rings (SSSR count). The van der Waals surface area contributed by atoms with Gasteiger partial charge in [0.15, 0.2) is 0 Å². The molecule has 0 N–H and O–H groups in total. The molecule has 18 heteroatoms. The van der Waals surface area contributed by atoms with E-state index in [0.717, 1.165) is 6.26 Å². The molecule has 0 saturated carbocycles. The zero-order valence-corrected chi connectivity index (χ0v) is 30.7. The van der Waals surface area contributed by atoms with Crippen LogP contribution in [0.1, 0.15) is 6.92 Å². The van der Waals surface area contributed by atoms with Gasteiger partial charge < -0.3 is 66.3 Å². The Morgan fingerprint density at radius 3 is 0.551 bits per heavy atom. The second-order valence-corrected chi connectivity index (χ2v) is 11.3. The standard InChI is InChI=1S/C31H64O17S/c1-3-34-4-5-35-6-7-36-8-9-37-10-11-38-12-13-39-14-15-40-16-17-41-18-19-42-20-21-43-22-23-44-24-25-45-26-27-46-28-29-47-30-31-48-49(2,32)33/h3-31H2,1-2H3. The molecule has 0 aromatic carbocycles. The first-order chi connectivity index (χ1) is 24.1. The van der Waals surface area contributed by atoms with Crippen molar-refractivity contribution in [2.45, 2.75) is 6.92 Å². The van der Waals surface area contributed by atoms with Crippen molar-refractivity contribution in [3.63, 3.8) is 0 Å². The molecule has 0 heterocycles. The lowest BCUT2D eigenvalue weighted by molar-refractivity contribution is -0.0296. The number of hydrogen-bond acceptors (Lipinski definition) is 17. The highest BCUT2D eigenvalue weighted by atomic mass is 32.2. The average molecular weight is 741 g/mol. The summed E-state index contributed by atoms with van der Waals surface area (Å²) in [5.41, 5.74) is 0. The predicted molar refractivity (Wildman–Crippen MR) is 178 cm³/mol. The molecule has 0 saturated heterocycles. The number of hydrogen-bond donors (Lipinski definition) is 0. The molecule has 0 aliphatic carbocycles. The molecule has 0 aromatic heterocycles. The summed E-state index contributed by atoms with van der Waals surface area (Å²) in [5.74, 6) is 0. The third-order valence-electron chi connectivity index (χ3n) is 5.57. The fourth-order valence-corrected chi connectivity index (χ4v) is 3.62. The van der Waals surface area contributed by atoms with Crippen molar-refractivity contribution in [1.29, 1.82) is 0 Å². The van der Waals surface area contributed by atoms with Crippen molar-refractivity contribution in [2.24, 2.45) is 0 Å². The maximum atomic E-state index is 10.8. The van der Waals surface area contributed by atoms with Gasteiger partial charge >= 0.3 is 0 Å². The Kier molecular flexibility index (Phi) is 41.2. The van der Waals surface area contributed by atoms with Crippen molar-refractivity contribution in [2.75, 3.05) is 198 Å². The topological polar surface area (TPSA) is 173 Å². The van der Waals surface area contributed by atoms with Crippen LogP contribution < -0.4 is 0 Å². The Morgan fingerprint density at radius 1 is 0.265 bits per heavy atom. The van der Waals surface area contributed by atoms with Crippen molar-refractivity contribution >= 4 is 10.1 Å². The van der Waals surface area contributed by atoms with E-state index in [2.05, 4.69) is 4.18 Å². The summed E-state index contributed by atoms with van der Waals surface area (Å²) in [6.07, 6.45) is 0.995. The highest BCUT2D eigenvalue weighted by molar-refractivity contribution is 7.85. The molecule has 0 radical (unpaired) electrons. The molecule has 0 aliphatic heterocycles. The molecule has 0 aromatic rings. The molecule has 0 spiro atoms. The van der Waals surface area contributed by atoms with Gasteiger partial charge in [-0.2, -0.15) is 8.42 Å². The van der Waals surface area contributed by atoms with Gasteiger partial charge in [-0.05, 0) is 6.92 Å². The van der Waals surface area contributed by atoms with E-state index in [1.54, 1.807) is 0 Å². The van der Waals surface area contributed by atoms with Gasteiger partial charge in [0.2, 0.25) is 0 Å². The van der Waals surface area contributed by atoms with E-state index in [4.69, 9.17) is 66.3 Å². The maximum absolute atomic E-state index is 10.8. The normalized spacial score (nSPS) is 12.0. The lowest BCUT2D eigenvalue weighted by atomic mass is 10.6. The molecule has 0 atom stereocenters. The fraction of sp³-hybridized carbons (Fsp3) is 1.00. The van der Waals surface area contributed by atoms with E-state index < -0.39 is 10.1 Å². The van der Waals surface area contributed by atoms with Crippen LogP contribution in [0.2, 0.25) is 0 Å². The third kappa shape index (κ3) is 47.4. The van der Waals surface area contributed by atoms with Crippen LogP contribution in [0.5, 0.6) is 0 Å². The Hall–Kier alpha value is -0.650. The molecule has 0 aliphatic rings. The molecule has 0 bridgehead atoms. The van der Waals surface area contributed by atoms with Gasteiger partial charge in [0.05, 0.1) is 191 Å². The van der Waals surface area contributed by atoms with Gasteiger partial charge in [-0.3, -0.25) is 4.18 Å². The summed E-state index contributed by atoms with van der Waals surface area (Å²) in [4.78, 5) is 0. The minimum absolute atomic E-state index is 0.00441. The Bertz CT molecular complexity index is 720. The van der Waals surface area contributed by atoms with Gasteiger partial charge in [-0.1, -0.05) is 0 Å². The van der Waals surface area contributed by atoms with Gasteiger partial charge in [0.25, 0.3) is 10.1 Å². The Morgan fingerprint density at radius 2 is 0.408 bits per heavy atom. The zero-order valence-electron chi connectivity index (χ0n) is 29.9. The first kappa shape index (κ1) is 48.3. The average Bonchev–Trinajstić information content (AvgIpc) is 3.08. The van der Waals surface area contributed by atoms with Crippen LogP contribution >= 0.6 is 0 Å². The summed E-state index contributed by atoms with van der Waals surface area (Å²) in [6, 6.07) is 0. The molecule has 17 nitrogen and oxygen atoms in total. The van der Waals surface area contributed by atoms with Crippen LogP contribution in [0.15, 0.2) is 0 Å². The van der Waals surface area contributed by atoms with E-state index in [0.29, 0.717) is 178 Å². The minimum Gasteiger partial charge on any atom is -0.379 e. The quantitative estimate of drug-likeness (QED) is 0.0613. The van der Waals surface area contributed by atoms with Crippen LogP contribution in [-0.4, -0.2) is 206 Å². The number of ether oxygens (including phenoxy) is 14.